The first-order chi connectivity index (χ1) is 8.96. The second-order valence-corrected chi connectivity index (χ2v) is 6.85. The molecule has 3 nitrogen and oxygen atoms in total. The summed E-state index contributed by atoms with van der Waals surface area (Å²) in [5.74, 6) is 0.510. The number of rotatable bonds is 5. The van der Waals surface area contributed by atoms with Crippen molar-refractivity contribution in [3.63, 3.8) is 0 Å². The Hall–Kier alpha value is -0.830. The summed E-state index contributed by atoms with van der Waals surface area (Å²) in [6.45, 7) is 6.22. The third-order valence-corrected chi connectivity index (χ3v) is 4.02. The van der Waals surface area contributed by atoms with E-state index in [1.165, 1.54) is 32.1 Å². The van der Waals surface area contributed by atoms with Crippen LogP contribution in [-0.2, 0) is 6.42 Å². The molecule has 3 heteroatoms. The van der Waals surface area contributed by atoms with E-state index in [9.17, 15) is 5.11 Å². The van der Waals surface area contributed by atoms with Crippen LogP contribution >= 0.6 is 0 Å². The molecule has 108 valence electrons. The van der Waals surface area contributed by atoms with Crippen molar-refractivity contribution in [1.29, 1.82) is 0 Å². The van der Waals surface area contributed by atoms with Gasteiger partial charge in [0.25, 0.3) is 0 Å². The van der Waals surface area contributed by atoms with E-state index in [4.69, 9.17) is 0 Å². The van der Waals surface area contributed by atoms with Crippen molar-refractivity contribution in [3.05, 3.63) is 18.0 Å². The largest absolute Gasteiger partial charge is 0.390 e. The molecule has 1 N–H and O–H groups in total. The highest BCUT2D eigenvalue weighted by Gasteiger charge is 2.24. The minimum absolute atomic E-state index is 0.510. The monoisotopic (exact) mass is 264 g/mol. The van der Waals surface area contributed by atoms with Gasteiger partial charge in [0.1, 0.15) is 0 Å². The molecule has 0 spiro atoms. The maximum atomic E-state index is 10.4. The van der Waals surface area contributed by atoms with Crippen LogP contribution in [0.2, 0.25) is 0 Å². The maximum Gasteiger partial charge on any atom is 0.0678 e. The van der Waals surface area contributed by atoms with Crippen LogP contribution in [0.3, 0.4) is 0 Å². The lowest BCUT2D eigenvalue weighted by atomic mass is 9.90. The van der Waals surface area contributed by atoms with Gasteiger partial charge in [-0.2, -0.15) is 5.10 Å². The van der Waals surface area contributed by atoms with Gasteiger partial charge in [-0.1, -0.05) is 33.1 Å². The summed E-state index contributed by atoms with van der Waals surface area (Å²) in [5, 5.41) is 15.1. The van der Waals surface area contributed by atoms with E-state index in [1.54, 1.807) is 0 Å². The highest BCUT2D eigenvalue weighted by Crippen LogP contribution is 2.28. The summed E-state index contributed by atoms with van der Waals surface area (Å²) in [6.07, 6.45) is 10.1. The van der Waals surface area contributed by atoms with Gasteiger partial charge >= 0.3 is 0 Å². The van der Waals surface area contributed by atoms with Crippen molar-refractivity contribution in [1.82, 2.24) is 9.78 Å². The molecule has 0 saturated heterocycles. The van der Waals surface area contributed by atoms with Crippen LogP contribution in [0.15, 0.2) is 12.3 Å². The maximum absolute atomic E-state index is 10.4. The van der Waals surface area contributed by atoms with E-state index >= 15 is 0 Å². The van der Waals surface area contributed by atoms with Gasteiger partial charge in [-0.25, -0.2) is 0 Å². The van der Waals surface area contributed by atoms with Crippen molar-refractivity contribution >= 4 is 0 Å². The van der Waals surface area contributed by atoms with Crippen LogP contribution in [0.5, 0.6) is 0 Å². The lowest BCUT2D eigenvalue weighted by molar-refractivity contribution is 0.0377. The number of hydrogen-bond donors (Lipinski definition) is 1. The molecule has 0 aliphatic heterocycles. The van der Waals surface area contributed by atoms with Gasteiger partial charge < -0.3 is 5.11 Å². The zero-order valence-corrected chi connectivity index (χ0v) is 12.6. The molecule has 1 aromatic heterocycles. The highest BCUT2D eigenvalue weighted by molar-refractivity contribution is 5.04. The quantitative estimate of drug-likeness (QED) is 0.880. The summed E-state index contributed by atoms with van der Waals surface area (Å²) in [6, 6.07) is 2.65. The van der Waals surface area contributed by atoms with Gasteiger partial charge in [-0.05, 0) is 38.2 Å². The van der Waals surface area contributed by atoms with E-state index in [-0.39, 0.29) is 0 Å². The molecule has 19 heavy (non-hydrogen) atoms. The lowest BCUT2D eigenvalue weighted by Crippen LogP contribution is -2.29. The van der Waals surface area contributed by atoms with Crippen LogP contribution < -0.4 is 0 Å². The Labute approximate surface area is 117 Å². The first-order valence-corrected chi connectivity index (χ1v) is 7.73. The average Bonchev–Trinajstić information content (AvgIpc) is 2.76. The molecule has 1 aromatic rings. The van der Waals surface area contributed by atoms with Crippen LogP contribution in [0.4, 0.5) is 0 Å². The zero-order chi connectivity index (χ0) is 13.9. The van der Waals surface area contributed by atoms with Gasteiger partial charge in [0.15, 0.2) is 0 Å². The second-order valence-electron chi connectivity index (χ2n) is 6.85. The fraction of sp³-hybridized carbons (Fsp3) is 0.812. The van der Waals surface area contributed by atoms with E-state index in [1.807, 2.05) is 6.92 Å². The molecule has 1 aliphatic rings. The molecule has 0 aromatic carbocycles. The Balaban J connectivity index is 1.96. The topological polar surface area (TPSA) is 38.0 Å². The average molecular weight is 264 g/mol. The van der Waals surface area contributed by atoms with Crippen molar-refractivity contribution in [2.75, 3.05) is 0 Å². The molecular formula is C16H28N2O. The van der Waals surface area contributed by atoms with Gasteiger partial charge in [-0.3, -0.25) is 4.68 Å². The molecule has 1 unspecified atom stereocenters. The van der Waals surface area contributed by atoms with Crippen LogP contribution in [0, 0.1) is 5.92 Å². The Morgan fingerprint density at radius 1 is 1.37 bits per heavy atom. The molecule has 1 heterocycles. The number of aliphatic hydroxyl groups is 1. The first-order valence-electron chi connectivity index (χ1n) is 7.73. The Morgan fingerprint density at radius 3 is 2.68 bits per heavy atom. The molecule has 1 aliphatic carbocycles. The second kappa shape index (κ2) is 6.08. The van der Waals surface area contributed by atoms with Crippen molar-refractivity contribution < 1.29 is 5.11 Å². The smallest absolute Gasteiger partial charge is 0.0678 e. The summed E-state index contributed by atoms with van der Waals surface area (Å²) in [4.78, 5) is 0. The number of nitrogens with zero attached hydrogens (tertiary/aromatic N) is 2. The molecular weight excluding hydrogens is 236 g/mol. The van der Waals surface area contributed by atoms with Crippen LogP contribution in [-0.4, -0.2) is 20.5 Å². The van der Waals surface area contributed by atoms with Crippen molar-refractivity contribution in [2.45, 2.75) is 77.4 Å². The standard InChI is InChI=1S/C16H28N2O/c1-13(2)11-16(3,19)12-14-9-10-18(17-14)15-7-5-4-6-8-15/h9-10,13,15,19H,4-8,11-12H2,1-3H3. The Morgan fingerprint density at radius 2 is 2.05 bits per heavy atom. The van der Waals surface area contributed by atoms with Crippen molar-refractivity contribution in [2.24, 2.45) is 5.92 Å². The zero-order valence-electron chi connectivity index (χ0n) is 12.6. The molecule has 0 amide bonds. The van der Waals surface area contributed by atoms with Crippen molar-refractivity contribution in [3.8, 4) is 0 Å². The van der Waals surface area contributed by atoms with Gasteiger partial charge in [0.05, 0.1) is 17.3 Å². The normalized spacial score (nSPS) is 20.7. The minimum atomic E-state index is -0.639. The fourth-order valence-electron chi connectivity index (χ4n) is 3.36. The molecule has 1 fully saturated rings. The Bertz CT molecular complexity index is 389. The summed E-state index contributed by atoms with van der Waals surface area (Å²) < 4.78 is 2.12. The predicted molar refractivity (Wildman–Crippen MR) is 78.1 cm³/mol. The van der Waals surface area contributed by atoms with Gasteiger partial charge in [-0.15, -0.1) is 0 Å². The van der Waals surface area contributed by atoms with Gasteiger partial charge in [0.2, 0.25) is 0 Å². The molecule has 1 atom stereocenters. The summed E-state index contributed by atoms with van der Waals surface area (Å²) in [5.41, 5.74) is 0.385. The highest BCUT2D eigenvalue weighted by atomic mass is 16.3. The third kappa shape index (κ3) is 4.34. The van der Waals surface area contributed by atoms with E-state index in [0.717, 1.165) is 12.1 Å². The fourth-order valence-corrected chi connectivity index (χ4v) is 3.36. The van der Waals surface area contributed by atoms with Crippen LogP contribution in [0.25, 0.3) is 0 Å². The lowest BCUT2D eigenvalue weighted by Gasteiger charge is -2.24. The van der Waals surface area contributed by atoms with E-state index in [2.05, 4.69) is 35.9 Å². The van der Waals surface area contributed by atoms with E-state index in [0.29, 0.717) is 18.4 Å². The van der Waals surface area contributed by atoms with Gasteiger partial charge in [0, 0.05) is 12.6 Å². The third-order valence-electron chi connectivity index (χ3n) is 4.02. The SMILES string of the molecule is CC(C)CC(C)(O)Cc1ccn(C2CCCCC2)n1. The summed E-state index contributed by atoms with van der Waals surface area (Å²) in [7, 11) is 0. The molecule has 0 bridgehead atoms. The molecule has 1 saturated carbocycles. The summed E-state index contributed by atoms with van der Waals surface area (Å²) >= 11 is 0. The Kier molecular flexibility index (Phi) is 4.67. The number of hydrogen-bond acceptors (Lipinski definition) is 2. The van der Waals surface area contributed by atoms with E-state index < -0.39 is 5.60 Å². The van der Waals surface area contributed by atoms with Crippen LogP contribution in [0.1, 0.15) is 71.0 Å². The molecule has 2 rings (SSSR count). The number of aromatic nitrogens is 2. The molecule has 0 radical (unpaired) electrons. The minimum Gasteiger partial charge on any atom is -0.390 e. The first kappa shape index (κ1) is 14.6. The predicted octanol–water partition coefficient (Wildman–Crippen LogP) is 3.73.